The molecule has 1 aromatic carbocycles. The van der Waals surface area contributed by atoms with Gasteiger partial charge in [-0.15, -0.1) is 0 Å². The molecule has 0 radical (unpaired) electrons. The van der Waals surface area contributed by atoms with Crippen molar-refractivity contribution in [3.63, 3.8) is 0 Å². The van der Waals surface area contributed by atoms with E-state index in [0.717, 1.165) is 39.1 Å². The lowest BCUT2D eigenvalue weighted by molar-refractivity contribution is 0.0535. The molecule has 5 heteroatoms. The van der Waals surface area contributed by atoms with Crippen molar-refractivity contribution in [1.82, 2.24) is 10.3 Å². The Morgan fingerprint density at radius 3 is 2.16 bits per heavy atom. The molecule has 1 amide bonds. The maximum absolute atomic E-state index is 13.6. The van der Waals surface area contributed by atoms with Crippen LogP contribution in [-0.4, -0.2) is 29.0 Å². The lowest BCUT2D eigenvalue weighted by Crippen LogP contribution is -2.32. The van der Waals surface area contributed by atoms with Crippen molar-refractivity contribution in [2.45, 2.75) is 74.8 Å². The largest absolute Gasteiger partial charge is 0.444 e. The second-order valence-corrected chi connectivity index (χ2v) is 9.27. The Kier molecular flexibility index (Phi) is 7.51. The summed E-state index contributed by atoms with van der Waals surface area (Å²) in [6.07, 6.45) is -0.523. The molecule has 0 unspecified atom stereocenters. The number of carbonyl (C=O) groups excluding carboxylic acids is 2. The molecule has 2 rings (SSSR count). The van der Waals surface area contributed by atoms with Gasteiger partial charge < -0.3 is 10.1 Å². The van der Waals surface area contributed by atoms with Gasteiger partial charge in [-0.1, -0.05) is 11.8 Å². The fraction of sp³-hybridized carbons (Fsp3) is 0.444. The predicted molar refractivity (Wildman–Crippen MR) is 128 cm³/mol. The molecule has 170 valence electrons. The summed E-state index contributed by atoms with van der Waals surface area (Å²) in [6.45, 7) is 19.4. The molecule has 1 heterocycles. The van der Waals surface area contributed by atoms with Crippen molar-refractivity contribution in [2.24, 2.45) is 0 Å². The van der Waals surface area contributed by atoms with Crippen LogP contribution in [0.5, 0.6) is 0 Å². The normalized spacial score (nSPS) is 10.9. The molecule has 0 saturated heterocycles. The number of pyridine rings is 1. The van der Waals surface area contributed by atoms with Crippen LogP contribution in [0.25, 0.3) is 0 Å². The SMILES string of the molecule is Cc1cc(C(=O)c2nc(C)c(C)c(C)c2C)c(C#CCNC(=O)OC(C)(C)C)c(C)c1C. The molecule has 0 fully saturated rings. The summed E-state index contributed by atoms with van der Waals surface area (Å²) >= 11 is 0. The number of ketones is 1. The lowest BCUT2D eigenvalue weighted by Gasteiger charge is -2.19. The Bertz CT molecular complexity index is 1140. The fourth-order valence-corrected chi connectivity index (χ4v) is 3.40. The Morgan fingerprint density at radius 1 is 0.938 bits per heavy atom. The number of aryl methyl sites for hydroxylation is 2. The van der Waals surface area contributed by atoms with Crippen molar-refractivity contribution in [3.8, 4) is 11.8 Å². The molecule has 1 N–H and O–H groups in total. The van der Waals surface area contributed by atoms with Gasteiger partial charge in [-0.25, -0.2) is 9.78 Å². The molecule has 0 aliphatic heterocycles. The minimum Gasteiger partial charge on any atom is -0.444 e. The zero-order valence-electron chi connectivity index (χ0n) is 21.0. The summed E-state index contributed by atoms with van der Waals surface area (Å²) in [7, 11) is 0. The molecule has 32 heavy (non-hydrogen) atoms. The van der Waals surface area contributed by atoms with Crippen molar-refractivity contribution < 1.29 is 14.3 Å². The Morgan fingerprint density at radius 2 is 1.56 bits per heavy atom. The molecule has 0 spiro atoms. The van der Waals surface area contributed by atoms with E-state index < -0.39 is 11.7 Å². The number of nitrogens with one attached hydrogen (secondary N) is 1. The summed E-state index contributed by atoms with van der Waals surface area (Å²) in [5, 5.41) is 2.63. The van der Waals surface area contributed by atoms with E-state index in [0.29, 0.717) is 16.8 Å². The number of hydrogen-bond donors (Lipinski definition) is 1. The van der Waals surface area contributed by atoms with Gasteiger partial charge in [0.1, 0.15) is 11.3 Å². The van der Waals surface area contributed by atoms with Gasteiger partial charge in [-0.3, -0.25) is 4.79 Å². The number of ether oxygens (including phenoxy) is 1. The highest BCUT2D eigenvalue weighted by Gasteiger charge is 2.22. The third-order valence-electron chi connectivity index (χ3n) is 5.85. The second kappa shape index (κ2) is 9.56. The summed E-state index contributed by atoms with van der Waals surface area (Å²) in [6, 6.07) is 1.89. The standard InChI is InChI=1S/C27H34N2O3/c1-15-14-23(25(30)24-20(6)17(3)18(4)21(7)29-24)22(19(5)16(15)2)12-11-13-28-26(31)32-27(8,9)10/h14H,13H2,1-10H3,(H,28,31). The monoisotopic (exact) mass is 434 g/mol. The first-order chi connectivity index (χ1) is 14.7. The Labute approximate surface area is 192 Å². The van der Waals surface area contributed by atoms with E-state index in [1.165, 1.54) is 0 Å². The number of alkyl carbamates (subject to hydrolysis) is 1. The molecule has 0 bridgehead atoms. The number of rotatable bonds is 3. The van der Waals surface area contributed by atoms with Crippen LogP contribution < -0.4 is 5.32 Å². The van der Waals surface area contributed by atoms with Crippen LogP contribution in [0.15, 0.2) is 6.07 Å². The maximum atomic E-state index is 13.6. The van der Waals surface area contributed by atoms with Crippen LogP contribution in [0, 0.1) is 60.3 Å². The topological polar surface area (TPSA) is 68.3 Å². The van der Waals surface area contributed by atoms with Crippen LogP contribution in [0.2, 0.25) is 0 Å². The van der Waals surface area contributed by atoms with E-state index in [1.54, 1.807) is 20.8 Å². The summed E-state index contributed by atoms with van der Waals surface area (Å²) in [5.74, 6) is 5.94. The van der Waals surface area contributed by atoms with E-state index >= 15 is 0 Å². The van der Waals surface area contributed by atoms with Gasteiger partial charge in [0.15, 0.2) is 0 Å². The molecule has 0 saturated carbocycles. The smallest absolute Gasteiger partial charge is 0.408 e. The van der Waals surface area contributed by atoms with Crippen LogP contribution in [0.3, 0.4) is 0 Å². The van der Waals surface area contributed by atoms with Gasteiger partial charge in [0.25, 0.3) is 0 Å². The Balaban J connectivity index is 2.47. The number of benzene rings is 1. The van der Waals surface area contributed by atoms with Crippen molar-refractivity contribution in [1.29, 1.82) is 0 Å². The first-order valence-corrected chi connectivity index (χ1v) is 10.8. The molecule has 2 aromatic rings. The van der Waals surface area contributed by atoms with E-state index in [4.69, 9.17) is 4.74 Å². The zero-order valence-corrected chi connectivity index (χ0v) is 21.0. The third-order valence-corrected chi connectivity index (χ3v) is 5.85. The van der Waals surface area contributed by atoms with Gasteiger partial charge in [0.05, 0.1) is 6.54 Å². The number of nitrogens with zero attached hydrogens (tertiary/aromatic N) is 1. The fourth-order valence-electron chi connectivity index (χ4n) is 3.40. The Hall–Kier alpha value is -3.13. The van der Waals surface area contributed by atoms with Gasteiger partial charge in [-0.05, 0) is 109 Å². The lowest BCUT2D eigenvalue weighted by atomic mass is 9.89. The van der Waals surface area contributed by atoms with Crippen LogP contribution >= 0.6 is 0 Å². The van der Waals surface area contributed by atoms with E-state index in [-0.39, 0.29) is 12.3 Å². The predicted octanol–water partition coefficient (Wildman–Crippen LogP) is 5.35. The van der Waals surface area contributed by atoms with E-state index in [2.05, 4.69) is 22.1 Å². The minimum absolute atomic E-state index is 0.120. The quantitative estimate of drug-likeness (QED) is 0.522. The molecular weight excluding hydrogens is 400 g/mol. The molecule has 0 aliphatic rings. The molecule has 0 atom stereocenters. The highest BCUT2D eigenvalue weighted by atomic mass is 16.6. The van der Waals surface area contributed by atoms with E-state index in [9.17, 15) is 9.59 Å². The minimum atomic E-state index is -0.573. The van der Waals surface area contributed by atoms with Crippen LogP contribution in [0.1, 0.15) is 81.5 Å². The average Bonchev–Trinajstić information content (AvgIpc) is 2.69. The van der Waals surface area contributed by atoms with E-state index in [1.807, 2.05) is 54.5 Å². The number of aromatic nitrogens is 1. The zero-order chi connectivity index (χ0) is 24.4. The highest BCUT2D eigenvalue weighted by Crippen LogP contribution is 2.26. The number of amides is 1. The van der Waals surface area contributed by atoms with Gasteiger partial charge >= 0.3 is 6.09 Å². The van der Waals surface area contributed by atoms with Crippen LogP contribution in [0.4, 0.5) is 4.79 Å². The highest BCUT2D eigenvalue weighted by molar-refractivity contribution is 6.10. The number of hydrogen-bond acceptors (Lipinski definition) is 4. The molecular formula is C27H34N2O3. The van der Waals surface area contributed by atoms with Crippen molar-refractivity contribution in [2.75, 3.05) is 6.54 Å². The third kappa shape index (κ3) is 5.56. The summed E-state index contributed by atoms with van der Waals surface area (Å²) < 4.78 is 5.23. The van der Waals surface area contributed by atoms with Gasteiger partial charge in [-0.2, -0.15) is 0 Å². The summed E-state index contributed by atoms with van der Waals surface area (Å²) in [5.41, 5.74) is 8.09. The van der Waals surface area contributed by atoms with Gasteiger partial charge in [0, 0.05) is 16.8 Å². The van der Waals surface area contributed by atoms with Crippen LogP contribution in [-0.2, 0) is 4.74 Å². The second-order valence-electron chi connectivity index (χ2n) is 9.27. The molecule has 1 aromatic heterocycles. The first kappa shape index (κ1) is 25.1. The van der Waals surface area contributed by atoms with Crippen molar-refractivity contribution >= 4 is 11.9 Å². The average molecular weight is 435 g/mol. The molecule has 5 nitrogen and oxygen atoms in total. The van der Waals surface area contributed by atoms with Crippen molar-refractivity contribution in [3.05, 3.63) is 62.0 Å². The first-order valence-electron chi connectivity index (χ1n) is 10.8. The van der Waals surface area contributed by atoms with Gasteiger partial charge in [0.2, 0.25) is 5.78 Å². The maximum Gasteiger partial charge on any atom is 0.408 e. The molecule has 0 aliphatic carbocycles. The summed E-state index contributed by atoms with van der Waals surface area (Å²) in [4.78, 5) is 30.1. The number of carbonyl (C=O) groups is 2.